The molecule has 0 aliphatic heterocycles. The standard InChI is InChI=1S/C15H16N2/c1-10-9-17-7-6-13(10)11-2-4-14-12(8-11)3-5-15(14)16/h2,4,6-9,15H,3,5,16H2,1H3. The minimum atomic E-state index is 0.234. The molecule has 17 heavy (non-hydrogen) atoms. The fourth-order valence-electron chi connectivity index (χ4n) is 2.62. The number of aryl methyl sites for hydroxylation is 2. The lowest BCUT2D eigenvalue weighted by atomic mass is 9.98. The van der Waals surface area contributed by atoms with E-state index >= 15 is 0 Å². The molecule has 1 aromatic heterocycles. The number of pyridine rings is 1. The maximum Gasteiger partial charge on any atom is 0.0303 e. The van der Waals surface area contributed by atoms with Crippen molar-refractivity contribution in [2.24, 2.45) is 5.73 Å². The van der Waals surface area contributed by atoms with E-state index in [1.54, 1.807) is 0 Å². The number of rotatable bonds is 1. The van der Waals surface area contributed by atoms with Gasteiger partial charge in [0, 0.05) is 18.4 Å². The van der Waals surface area contributed by atoms with E-state index in [1.807, 2.05) is 12.4 Å². The Morgan fingerprint density at radius 2 is 2.18 bits per heavy atom. The number of nitrogens with two attached hydrogens (primary N) is 1. The molecule has 2 aromatic rings. The van der Waals surface area contributed by atoms with E-state index in [0.29, 0.717) is 0 Å². The molecular formula is C15H16N2. The van der Waals surface area contributed by atoms with Crippen LogP contribution in [0.5, 0.6) is 0 Å². The molecular weight excluding hydrogens is 208 g/mol. The van der Waals surface area contributed by atoms with Crippen LogP contribution in [0.25, 0.3) is 11.1 Å². The van der Waals surface area contributed by atoms with Crippen LogP contribution in [-0.2, 0) is 6.42 Å². The smallest absolute Gasteiger partial charge is 0.0303 e. The van der Waals surface area contributed by atoms with E-state index < -0.39 is 0 Å². The van der Waals surface area contributed by atoms with Crippen LogP contribution in [0.2, 0.25) is 0 Å². The Balaban J connectivity index is 2.09. The van der Waals surface area contributed by atoms with Crippen molar-refractivity contribution in [3.63, 3.8) is 0 Å². The average Bonchev–Trinajstić information content (AvgIpc) is 2.71. The third-order valence-corrected chi connectivity index (χ3v) is 3.60. The second-order valence-corrected chi connectivity index (χ2v) is 4.75. The van der Waals surface area contributed by atoms with Crippen molar-refractivity contribution >= 4 is 0 Å². The van der Waals surface area contributed by atoms with Crippen LogP contribution in [-0.4, -0.2) is 4.98 Å². The maximum absolute atomic E-state index is 6.06. The Morgan fingerprint density at radius 3 is 3.00 bits per heavy atom. The zero-order valence-corrected chi connectivity index (χ0v) is 9.98. The largest absolute Gasteiger partial charge is 0.324 e. The van der Waals surface area contributed by atoms with Crippen molar-refractivity contribution in [3.05, 3.63) is 53.3 Å². The predicted molar refractivity (Wildman–Crippen MR) is 69.7 cm³/mol. The SMILES string of the molecule is Cc1cnccc1-c1ccc2c(c1)CCC2N. The van der Waals surface area contributed by atoms with E-state index in [4.69, 9.17) is 5.73 Å². The summed E-state index contributed by atoms with van der Waals surface area (Å²) in [4.78, 5) is 4.13. The summed E-state index contributed by atoms with van der Waals surface area (Å²) in [6.45, 7) is 2.10. The lowest BCUT2D eigenvalue weighted by Crippen LogP contribution is -2.04. The van der Waals surface area contributed by atoms with Gasteiger partial charge in [0.2, 0.25) is 0 Å². The summed E-state index contributed by atoms with van der Waals surface area (Å²) in [6.07, 6.45) is 5.94. The highest BCUT2D eigenvalue weighted by atomic mass is 14.6. The number of hydrogen-bond donors (Lipinski definition) is 1. The van der Waals surface area contributed by atoms with Crippen LogP contribution < -0.4 is 5.73 Å². The first-order valence-electron chi connectivity index (χ1n) is 6.05. The molecule has 1 atom stereocenters. The van der Waals surface area contributed by atoms with Gasteiger partial charge in [-0.05, 0) is 53.6 Å². The van der Waals surface area contributed by atoms with Gasteiger partial charge < -0.3 is 5.73 Å². The normalized spacial score (nSPS) is 18.1. The van der Waals surface area contributed by atoms with Gasteiger partial charge in [-0.25, -0.2) is 0 Å². The van der Waals surface area contributed by atoms with E-state index in [-0.39, 0.29) is 6.04 Å². The highest BCUT2D eigenvalue weighted by molar-refractivity contribution is 5.68. The van der Waals surface area contributed by atoms with Gasteiger partial charge in [-0.1, -0.05) is 18.2 Å². The number of hydrogen-bond acceptors (Lipinski definition) is 2. The van der Waals surface area contributed by atoms with Crippen LogP contribution in [0.3, 0.4) is 0 Å². The third-order valence-electron chi connectivity index (χ3n) is 3.60. The zero-order valence-electron chi connectivity index (χ0n) is 9.98. The number of benzene rings is 1. The first-order chi connectivity index (χ1) is 8.25. The van der Waals surface area contributed by atoms with Gasteiger partial charge in [0.25, 0.3) is 0 Å². The van der Waals surface area contributed by atoms with Gasteiger partial charge in [0.15, 0.2) is 0 Å². The van der Waals surface area contributed by atoms with Crippen molar-refractivity contribution < 1.29 is 0 Å². The van der Waals surface area contributed by atoms with Gasteiger partial charge in [0.1, 0.15) is 0 Å². The first-order valence-corrected chi connectivity index (χ1v) is 6.05. The van der Waals surface area contributed by atoms with E-state index in [0.717, 1.165) is 12.8 Å². The molecule has 2 N–H and O–H groups in total. The van der Waals surface area contributed by atoms with Crippen LogP contribution in [0.4, 0.5) is 0 Å². The Bertz CT molecular complexity index is 561. The molecule has 0 amide bonds. The summed E-state index contributed by atoms with van der Waals surface area (Å²) in [5.74, 6) is 0. The highest BCUT2D eigenvalue weighted by Crippen LogP contribution is 2.33. The molecule has 3 rings (SSSR count). The number of nitrogens with zero attached hydrogens (tertiary/aromatic N) is 1. The molecule has 1 aliphatic carbocycles. The topological polar surface area (TPSA) is 38.9 Å². The van der Waals surface area contributed by atoms with Crippen LogP contribution in [0, 0.1) is 6.92 Å². The third kappa shape index (κ3) is 1.75. The molecule has 2 heteroatoms. The summed E-state index contributed by atoms with van der Waals surface area (Å²) in [6, 6.07) is 8.95. The van der Waals surface area contributed by atoms with Gasteiger partial charge in [-0.15, -0.1) is 0 Å². The molecule has 86 valence electrons. The first kappa shape index (κ1) is 10.5. The molecule has 0 radical (unpaired) electrons. The Kier molecular flexibility index (Phi) is 2.45. The molecule has 0 bridgehead atoms. The summed E-state index contributed by atoms with van der Waals surface area (Å²) in [5.41, 5.74) is 12.5. The predicted octanol–water partition coefficient (Wildman–Crippen LogP) is 3.00. The molecule has 0 saturated carbocycles. The van der Waals surface area contributed by atoms with E-state index in [9.17, 15) is 0 Å². The Hall–Kier alpha value is -1.67. The van der Waals surface area contributed by atoms with Gasteiger partial charge in [-0.3, -0.25) is 4.98 Å². The van der Waals surface area contributed by atoms with E-state index in [1.165, 1.54) is 27.8 Å². The zero-order chi connectivity index (χ0) is 11.8. The van der Waals surface area contributed by atoms with Crippen molar-refractivity contribution in [3.8, 4) is 11.1 Å². The van der Waals surface area contributed by atoms with Gasteiger partial charge >= 0.3 is 0 Å². The Morgan fingerprint density at radius 1 is 1.29 bits per heavy atom. The summed E-state index contributed by atoms with van der Waals surface area (Å²) in [5, 5.41) is 0. The number of fused-ring (bicyclic) bond motifs is 1. The Labute approximate surface area is 102 Å². The van der Waals surface area contributed by atoms with Crippen LogP contribution in [0.15, 0.2) is 36.7 Å². The summed E-state index contributed by atoms with van der Waals surface area (Å²) >= 11 is 0. The van der Waals surface area contributed by atoms with Crippen LogP contribution >= 0.6 is 0 Å². The minimum absolute atomic E-state index is 0.234. The van der Waals surface area contributed by atoms with Crippen molar-refractivity contribution in [1.82, 2.24) is 4.98 Å². The molecule has 1 unspecified atom stereocenters. The van der Waals surface area contributed by atoms with Gasteiger partial charge in [-0.2, -0.15) is 0 Å². The molecule has 1 aliphatic rings. The fourth-order valence-corrected chi connectivity index (χ4v) is 2.62. The van der Waals surface area contributed by atoms with Crippen molar-refractivity contribution in [2.75, 3.05) is 0 Å². The summed E-state index contributed by atoms with van der Waals surface area (Å²) < 4.78 is 0. The molecule has 0 spiro atoms. The second kappa shape index (κ2) is 3.97. The molecule has 0 saturated heterocycles. The monoisotopic (exact) mass is 224 g/mol. The minimum Gasteiger partial charge on any atom is -0.324 e. The van der Waals surface area contributed by atoms with Gasteiger partial charge in [0.05, 0.1) is 0 Å². The lowest BCUT2D eigenvalue weighted by Gasteiger charge is -2.09. The molecule has 0 fully saturated rings. The molecule has 1 aromatic carbocycles. The maximum atomic E-state index is 6.06. The fraction of sp³-hybridized carbons (Fsp3) is 0.267. The van der Waals surface area contributed by atoms with Crippen molar-refractivity contribution in [2.45, 2.75) is 25.8 Å². The average molecular weight is 224 g/mol. The summed E-state index contributed by atoms with van der Waals surface area (Å²) in [7, 11) is 0. The van der Waals surface area contributed by atoms with Crippen LogP contribution in [0.1, 0.15) is 29.2 Å². The quantitative estimate of drug-likeness (QED) is 0.808. The van der Waals surface area contributed by atoms with E-state index in [2.05, 4.69) is 36.2 Å². The highest BCUT2D eigenvalue weighted by Gasteiger charge is 2.19. The second-order valence-electron chi connectivity index (χ2n) is 4.75. The molecule has 1 heterocycles. The molecule has 2 nitrogen and oxygen atoms in total. The van der Waals surface area contributed by atoms with Crippen molar-refractivity contribution in [1.29, 1.82) is 0 Å². The number of aromatic nitrogens is 1. The lowest BCUT2D eigenvalue weighted by molar-refractivity contribution is 0.713.